The topological polar surface area (TPSA) is 189 Å². The van der Waals surface area contributed by atoms with Crippen LogP contribution in [0.25, 0.3) is 0 Å². The molecule has 8 N–H and O–H groups in total. The summed E-state index contributed by atoms with van der Waals surface area (Å²) >= 11 is 0. The predicted molar refractivity (Wildman–Crippen MR) is 238 cm³/mol. The summed E-state index contributed by atoms with van der Waals surface area (Å²) in [4.78, 5) is 13.1. The molecular formula is C48H95NO10. The van der Waals surface area contributed by atoms with Crippen LogP contribution in [0.1, 0.15) is 226 Å². The highest BCUT2D eigenvalue weighted by molar-refractivity contribution is 5.80. The van der Waals surface area contributed by atoms with E-state index in [4.69, 9.17) is 9.47 Å². The molecule has 1 saturated heterocycles. The molecule has 1 amide bonds. The number of carbonyl (C=O) groups excluding carboxylic acids is 1. The zero-order valence-corrected chi connectivity index (χ0v) is 38.2. The fourth-order valence-electron chi connectivity index (χ4n) is 8.18. The number of hydrogen-bond acceptors (Lipinski definition) is 10. The quantitative estimate of drug-likeness (QED) is 0.0277. The van der Waals surface area contributed by atoms with E-state index < -0.39 is 74.2 Å². The number of aliphatic hydroxyl groups excluding tert-OH is 7. The Morgan fingerprint density at radius 2 is 0.983 bits per heavy atom. The van der Waals surface area contributed by atoms with E-state index in [0.29, 0.717) is 19.3 Å². The molecular weight excluding hydrogens is 751 g/mol. The van der Waals surface area contributed by atoms with Gasteiger partial charge in [-0.3, -0.25) is 4.79 Å². The first-order valence-electron chi connectivity index (χ1n) is 24.8. The van der Waals surface area contributed by atoms with E-state index in [1.807, 2.05) is 0 Å². The smallest absolute Gasteiger partial charge is 0.249 e. The van der Waals surface area contributed by atoms with Crippen molar-refractivity contribution >= 4 is 5.91 Å². The van der Waals surface area contributed by atoms with Crippen LogP contribution in [-0.4, -0.2) is 110 Å². The molecule has 352 valence electrons. The van der Waals surface area contributed by atoms with E-state index >= 15 is 0 Å². The zero-order chi connectivity index (χ0) is 43.5. The van der Waals surface area contributed by atoms with Gasteiger partial charge in [-0.2, -0.15) is 0 Å². The summed E-state index contributed by atoms with van der Waals surface area (Å²) in [5.74, 6) is 0.104. The number of nitrogens with one attached hydrogen (secondary N) is 1. The Morgan fingerprint density at radius 1 is 0.576 bits per heavy atom. The molecule has 0 spiro atoms. The summed E-state index contributed by atoms with van der Waals surface area (Å²) in [6, 6.07) is -1.16. The van der Waals surface area contributed by atoms with E-state index in [9.17, 15) is 40.5 Å². The van der Waals surface area contributed by atoms with Crippen molar-refractivity contribution in [3.8, 4) is 0 Å². The first kappa shape index (κ1) is 56.1. The molecule has 1 rings (SSSR count). The number of amides is 1. The molecule has 0 aliphatic carbocycles. The zero-order valence-electron chi connectivity index (χ0n) is 38.2. The number of unbranched alkanes of at least 4 members (excludes halogenated alkanes) is 26. The second-order valence-electron chi connectivity index (χ2n) is 18.1. The monoisotopic (exact) mass is 846 g/mol. The van der Waals surface area contributed by atoms with Crippen molar-refractivity contribution in [3.05, 3.63) is 0 Å². The molecule has 0 saturated carbocycles. The van der Waals surface area contributed by atoms with Gasteiger partial charge >= 0.3 is 0 Å². The molecule has 0 aromatic heterocycles. The van der Waals surface area contributed by atoms with Crippen molar-refractivity contribution in [2.45, 2.75) is 281 Å². The molecule has 0 aromatic carbocycles. The standard InChI is InChI=1S/C48H95NO10/c1-4-6-7-8-9-10-11-12-13-14-15-16-17-18-19-20-21-26-29-32-35-41(52)47(57)49-39(37-58-48-46(56)45(55)44(54)42(36-50)59-48)43(53)40(51)34-31-28-25-23-22-24-27-30-33-38(3)5-2/h38-46,48,50-56H,4-37H2,1-3H3,(H,49,57). The summed E-state index contributed by atoms with van der Waals surface area (Å²) in [5.41, 5.74) is 0. The number of hydrogen-bond donors (Lipinski definition) is 8. The summed E-state index contributed by atoms with van der Waals surface area (Å²) < 4.78 is 11.1. The minimum absolute atomic E-state index is 0.265. The third kappa shape index (κ3) is 27.7. The molecule has 10 atom stereocenters. The maximum atomic E-state index is 13.1. The third-order valence-corrected chi connectivity index (χ3v) is 12.7. The first-order valence-corrected chi connectivity index (χ1v) is 24.8. The molecule has 1 fully saturated rings. The van der Waals surface area contributed by atoms with Gasteiger partial charge in [-0.05, 0) is 18.8 Å². The average molecular weight is 846 g/mol. The first-order chi connectivity index (χ1) is 28.6. The van der Waals surface area contributed by atoms with Crippen LogP contribution in [0.3, 0.4) is 0 Å². The molecule has 1 aliphatic heterocycles. The summed E-state index contributed by atoms with van der Waals surface area (Å²) in [6.07, 6.45) is 25.9. The number of carbonyl (C=O) groups is 1. The molecule has 0 radical (unpaired) electrons. The molecule has 0 bridgehead atoms. The number of aliphatic hydroxyl groups is 7. The Bertz CT molecular complexity index is 943. The largest absolute Gasteiger partial charge is 0.394 e. The van der Waals surface area contributed by atoms with Crippen LogP contribution < -0.4 is 5.32 Å². The minimum Gasteiger partial charge on any atom is -0.394 e. The summed E-state index contributed by atoms with van der Waals surface area (Å²) in [5, 5.41) is 75.7. The lowest BCUT2D eigenvalue weighted by molar-refractivity contribution is -0.303. The molecule has 59 heavy (non-hydrogen) atoms. The highest BCUT2D eigenvalue weighted by Gasteiger charge is 2.44. The van der Waals surface area contributed by atoms with Crippen LogP contribution in [0, 0.1) is 5.92 Å². The maximum absolute atomic E-state index is 13.1. The van der Waals surface area contributed by atoms with Crippen molar-refractivity contribution in [3.63, 3.8) is 0 Å². The van der Waals surface area contributed by atoms with Gasteiger partial charge in [0.25, 0.3) is 0 Å². The Morgan fingerprint density at radius 3 is 1.41 bits per heavy atom. The third-order valence-electron chi connectivity index (χ3n) is 12.7. The molecule has 11 nitrogen and oxygen atoms in total. The number of ether oxygens (including phenoxy) is 2. The summed E-state index contributed by atoms with van der Waals surface area (Å²) in [6.45, 7) is 5.77. The van der Waals surface area contributed by atoms with Crippen LogP contribution in [-0.2, 0) is 14.3 Å². The molecule has 1 aliphatic rings. The van der Waals surface area contributed by atoms with Gasteiger partial charge in [-0.1, -0.05) is 213 Å². The van der Waals surface area contributed by atoms with Crippen LogP contribution in [0.2, 0.25) is 0 Å². The van der Waals surface area contributed by atoms with Gasteiger partial charge < -0.3 is 50.5 Å². The van der Waals surface area contributed by atoms with Gasteiger partial charge in [0.1, 0.15) is 36.6 Å². The Labute approximate surface area is 360 Å². The molecule has 10 unspecified atom stereocenters. The number of rotatable bonds is 41. The van der Waals surface area contributed by atoms with Crippen molar-refractivity contribution in [1.29, 1.82) is 0 Å². The van der Waals surface area contributed by atoms with Crippen molar-refractivity contribution < 1.29 is 50.0 Å². The Kier molecular flexibility index (Phi) is 35.8. The van der Waals surface area contributed by atoms with Gasteiger partial charge in [0, 0.05) is 0 Å². The van der Waals surface area contributed by atoms with Gasteiger partial charge in [0.2, 0.25) is 5.91 Å². The van der Waals surface area contributed by atoms with Gasteiger partial charge in [0.15, 0.2) is 6.29 Å². The molecule has 0 aromatic rings. The SMILES string of the molecule is CCCCCCCCCCCCCCCCCCCCCCC(O)C(=O)NC(COC1OC(CO)C(O)C(O)C1O)C(O)C(O)CCCCCCCCCCC(C)CC. The molecule has 11 heteroatoms. The van der Waals surface area contributed by atoms with E-state index in [2.05, 4.69) is 26.1 Å². The maximum Gasteiger partial charge on any atom is 0.249 e. The van der Waals surface area contributed by atoms with E-state index in [1.165, 1.54) is 141 Å². The van der Waals surface area contributed by atoms with Crippen LogP contribution in [0.5, 0.6) is 0 Å². The van der Waals surface area contributed by atoms with Crippen LogP contribution in [0.4, 0.5) is 0 Å². The van der Waals surface area contributed by atoms with Crippen molar-refractivity contribution in [2.24, 2.45) is 5.92 Å². The Hall–Kier alpha value is -0.890. The highest BCUT2D eigenvalue weighted by Crippen LogP contribution is 2.23. The van der Waals surface area contributed by atoms with Gasteiger partial charge in [-0.25, -0.2) is 0 Å². The molecule has 1 heterocycles. The second-order valence-corrected chi connectivity index (χ2v) is 18.1. The summed E-state index contributed by atoms with van der Waals surface area (Å²) in [7, 11) is 0. The van der Waals surface area contributed by atoms with Gasteiger partial charge in [-0.15, -0.1) is 0 Å². The van der Waals surface area contributed by atoms with Crippen LogP contribution >= 0.6 is 0 Å². The second kappa shape index (κ2) is 37.6. The van der Waals surface area contributed by atoms with E-state index in [1.54, 1.807) is 0 Å². The fourth-order valence-corrected chi connectivity index (χ4v) is 8.18. The van der Waals surface area contributed by atoms with Crippen molar-refractivity contribution in [1.82, 2.24) is 5.32 Å². The van der Waals surface area contributed by atoms with E-state index in [-0.39, 0.29) is 6.42 Å². The van der Waals surface area contributed by atoms with E-state index in [0.717, 1.165) is 44.4 Å². The highest BCUT2D eigenvalue weighted by atomic mass is 16.7. The average Bonchev–Trinajstić information content (AvgIpc) is 3.24. The Balaban J connectivity index is 2.37. The van der Waals surface area contributed by atoms with Gasteiger partial charge in [0.05, 0.1) is 25.4 Å². The van der Waals surface area contributed by atoms with Crippen LogP contribution in [0.15, 0.2) is 0 Å². The normalized spacial score (nSPS) is 22.2. The fraction of sp³-hybridized carbons (Fsp3) is 0.979. The lowest BCUT2D eigenvalue weighted by Crippen LogP contribution is -2.60. The van der Waals surface area contributed by atoms with Crippen molar-refractivity contribution in [2.75, 3.05) is 13.2 Å². The minimum atomic E-state index is -1.66. The lowest BCUT2D eigenvalue weighted by Gasteiger charge is -2.40. The predicted octanol–water partition coefficient (Wildman–Crippen LogP) is 8.53. The lowest BCUT2D eigenvalue weighted by atomic mass is 9.98.